The maximum Gasteiger partial charge on any atom is 0.303 e. The van der Waals surface area contributed by atoms with E-state index in [1.165, 1.54) is 6.33 Å². The fourth-order valence-corrected chi connectivity index (χ4v) is 1.98. The molecule has 1 aromatic heterocycles. The Morgan fingerprint density at radius 1 is 1.47 bits per heavy atom. The first kappa shape index (κ1) is 12.2. The minimum Gasteiger partial charge on any atom is -0.481 e. The maximum atomic E-state index is 10.6. The minimum absolute atomic E-state index is 0.0245. The highest BCUT2D eigenvalue weighted by Crippen LogP contribution is 2.32. The van der Waals surface area contributed by atoms with Gasteiger partial charge in [0.2, 0.25) is 0 Å². The van der Waals surface area contributed by atoms with Gasteiger partial charge in [-0.3, -0.25) is 4.79 Å². The first-order valence-electron chi connectivity index (χ1n) is 4.44. The Bertz CT molecular complexity index is 351. The summed E-state index contributed by atoms with van der Waals surface area (Å²) in [7, 11) is 0. The zero-order chi connectivity index (χ0) is 11.4. The van der Waals surface area contributed by atoms with Gasteiger partial charge >= 0.3 is 5.97 Å². The topological polar surface area (TPSA) is 63.1 Å². The second-order valence-electron chi connectivity index (χ2n) is 3.07. The van der Waals surface area contributed by atoms with Gasteiger partial charge < -0.3 is 5.11 Å². The Morgan fingerprint density at radius 3 is 2.40 bits per heavy atom. The van der Waals surface area contributed by atoms with Crippen molar-refractivity contribution in [3.63, 3.8) is 0 Å². The number of carboxylic acid groups (broad SMARTS) is 1. The Hall–Kier alpha value is -0.870. The fraction of sp³-hybridized carbons (Fsp3) is 0.444. The number of carboxylic acids is 1. The Kier molecular flexibility index (Phi) is 4.29. The molecule has 0 unspecified atom stereocenters. The molecule has 0 aliphatic rings. The van der Waals surface area contributed by atoms with Crippen molar-refractivity contribution >= 4 is 29.2 Å². The van der Waals surface area contributed by atoms with Crippen molar-refractivity contribution in [3.8, 4) is 0 Å². The molecule has 15 heavy (non-hydrogen) atoms. The van der Waals surface area contributed by atoms with Gasteiger partial charge in [0.25, 0.3) is 0 Å². The molecule has 0 amide bonds. The van der Waals surface area contributed by atoms with E-state index >= 15 is 0 Å². The fourth-order valence-electron chi connectivity index (χ4n) is 1.35. The molecule has 0 saturated heterocycles. The van der Waals surface area contributed by atoms with E-state index in [9.17, 15) is 4.79 Å². The monoisotopic (exact) mass is 248 g/mol. The van der Waals surface area contributed by atoms with Gasteiger partial charge in [0.1, 0.15) is 16.6 Å². The van der Waals surface area contributed by atoms with Gasteiger partial charge in [0, 0.05) is 11.5 Å². The summed E-state index contributed by atoms with van der Waals surface area (Å²) in [5.74, 6) is -1.14. The van der Waals surface area contributed by atoms with E-state index < -0.39 is 5.97 Å². The largest absolute Gasteiger partial charge is 0.481 e. The van der Waals surface area contributed by atoms with E-state index in [4.69, 9.17) is 28.3 Å². The standard InChI is InChI=1S/C9H10Cl2N2O2/c1-2-5(3-6(14)15)7-8(10)12-4-13-9(7)11/h4-5H,2-3H2,1H3,(H,14,15)/t5-/m1/s1. The highest BCUT2D eigenvalue weighted by molar-refractivity contribution is 6.34. The number of carbonyl (C=O) groups is 1. The zero-order valence-electron chi connectivity index (χ0n) is 8.07. The molecule has 0 aliphatic carbocycles. The lowest BCUT2D eigenvalue weighted by Crippen LogP contribution is -2.08. The molecule has 1 N–H and O–H groups in total. The average molecular weight is 249 g/mol. The van der Waals surface area contributed by atoms with Crippen LogP contribution in [0.15, 0.2) is 6.33 Å². The van der Waals surface area contributed by atoms with Gasteiger partial charge in [0.15, 0.2) is 0 Å². The van der Waals surface area contributed by atoms with Gasteiger partial charge in [-0.15, -0.1) is 0 Å². The summed E-state index contributed by atoms with van der Waals surface area (Å²) in [6, 6.07) is 0. The summed E-state index contributed by atoms with van der Waals surface area (Å²) in [4.78, 5) is 18.2. The molecule has 1 rings (SSSR count). The molecule has 0 spiro atoms. The lowest BCUT2D eigenvalue weighted by atomic mass is 9.96. The van der Waals surface area contributed by atoms with E-state index in [2.05, 4.69) is 9.97 Å². The van der Waals surface area contributed by atoms with Crippen LogP contribution in [0.5, 0.6) is 0 Å². The number of halogens is 2. The number of aliphatic carboxylic acids is 1. The van der Waals surface area contributed by atoms with Crippen LogP contribution in [0.2, 0.25) is 10.3 Å². The number of nitrogens with zero attached hydrogens (tertiary/aromatic N) is 2. The van der Waals surface area contributed by atoms with Crippen molar-refractivity contribution in [1.29, 1.82) is 0 Å². The second kappa shape index (κ2) is 5.28. The molecule has 0 bridgehead atoms. The molecule has 4 nitrogen and oxygen atoms in total. The smallest absolute Gasteiger partial charge is 0.303 e. The summed E-state index contributed by atoms with van der Waals surface area (Å²) >= 11 is 11.7. The molecule has 1 atom stereocenters. The van der Waals surface area contributed by atoms with Gasteiger partial charge in [-0.05, 0) is 6.42 Å². The van der Waals surface area contributed by atoms with E-state index in [1.807, 2.05) is 6.92 Å². The van der Waals surface area contributed by atoms with Crippen LogP contribution in [0.1, 0.15) is 31.2 Å². The van der Waals surface area contributed by atoms with Crippen molar-refractivity contribution in [2.75, 3.05) is 0 Å². The summed E-state index contributed by atoms with van der Waals surface area (Å²) in [5.41, 5.74) is 0.519. The molecule has 0 radical (unpaired) electrons. The minimum atomic E-state index is -0.891. The van der Waals surface area contributed by atoms with Crippen molar-refractivity contribution in [2.45, 2.75) is 25.7 Å². The lowest BCUT2D eigenvalue weighted by Gasteiger charge is -2.14. The van der Waals surface area contributed by atoms with Gasteiger partial charge in [-0.1, -0.05) is 30.1 Å². The van der Waals surface area contributed by atoms with Crippen LogP contribution < -0.4 is 0 Å². The zero-order valence-corrected chi connectivity index (χ0v) is 9.59. The highest BCUT2D eigenvalue weighted by Gasteiger charge is 2.20. The number of rotatable bonds is 4. The van der Waals surface area contributed by atoms with Gasteiger partial charge in [-0.25, -0.2) is 9.97 Å². The van der Waals surface area contributed by atoms with E-state index in [0.29, 0.717) is 12.0 Å². The van der Waals surface area contributed by atoms with Crippen LogP contribution in [-0.4, -0.2) is 21.0 Å². The summed E-state index contributed by atoms with van der Waals surface area (Å²) in [5, 5.41) is 9.18. The molecular weight excluding hydrogens is 239 g/mol. The quantitative estimate of drug-likeness (QED) is 0.833. The Balaban J connectivity index is 3.05. The Labute approximate surface area is 97.3 Å². The molecule has 6 heteroatoms. The van der Waals surface area contributed by atoms with Crippen molar-refractivity contribution in [2.24, 2.45) is 0 Å². The number of hydrogen-bond acceptors (Lipinski definition) is 3. The van der Waals surface area contributed by atoms with Crippen LogP contribution in [0.25, 0.3) is 0 Å². The van der Waals surface area contributed by atoms with Crippen molar-refractivity contribution in [3.05, 3.63) is 22.2 Å². The molecule has 1 aromatic rings. The van der Waals surface area contributed by atoms with Crippen molar-refractivity contribution < 1.29 is 9.90 Å². The third-order valence-electron chi connectivity index (χ3n) is 2.11. The Morgan fingerprint density at radius 2 is 2.00 bits per heavy atom. The van der Waals surface area contributed by atoms with Crippen LogP contribution in [0.4, 0.5) is 0 Å². The van der Waals surface area contributed by atoms with Crippen LogP contribution in [-0.2, 0) is 4.79 Å². The first-order valence-corrected chi connectivity index (χ1v) is 5.19. The molecule has 0 aromatic carbocycles. The van der Waals surface area contributed by atoms with E-state index in [1.54, 1.807) is 0 Å². The molecule has 0 fully saturated rings. The van der Waals surface area contributed by atoms with Crippen LogP contribution in [0.3, 0.4) is 0 Å². The SMILES string of the molecule is CC[C@H](CC(=O)O)c1c(Cl)ncnc1Cl. The number of hydrogen-bond donors (Lipinski definition) is 1. The van der Waals surface area contributed by atoms with Gasteiger partial charge in [-0.2, -0.15) is 0 Å². The first-order chi connectivity index (χ1) is 7.06. The predicted molar refractivity (Wildman–Crippen MR) is 57.3 cm³/mol. The normalized spacial score (nSPS) is 12.5. The number of aromatic nitrogens is 2. The van der Waals surface area contributed by atoms with E-state index in [-0.39, 0.29) is 22.6 Å². The highest BCUT2D eigenvalue weighted by atomic mass is 35.5. The third-order valence-corrected chi connectivity index (χ3v) is 2.71. The van der Waals surface area contributed by atoms with Gasteiger partial charge in [0.05, 0.1) is 6.42 Å². The summed E-state index contributed by atoms with van der Waals surface area (Å²) < 4.78 is 0. The van der Waals surface area contributed by atoms with Crippen LogP contribution >= 0.6 is 23.2 Å². The lowest BCUT2D eigenvalue weighted by molar-refractivity contribution is -0.137. The molecule has 0 aliphatic heterocycles. The molecular formula is C9H10Cl2N2O2. The molecule has 0 saturated carbocycles. The predicted octanol–water partition coefficient (Wildman–Crippen LogP) is 2.75. The molecule has 1 heterocycles. The van der Waals surface area contributed by atoms with E-state index in [0.717, 1.165) is 0 Å². The summed E-state index contributed by atoms with van der Waals surface area (Å²) in [6.07, 6.45) is 1.85. The van der Waals surface area contributed by atoms with Crippen molar-refractivity contribution in [1.82, 2.24) is 9.97 Å². The molecule has 82 valence electrons. The second-order valence-corrected chi connectivity index (χ2v) is 3.79. The third kappa shape index (κ3) is 3.04. The average Bonchev–Trinajstić information content (AvgIpc) is 2.15. The van der Waals surface area contributed by atoms with Crippen LogP contribution in [0, 0.1) is 0 Å². The maximum absolute atomic E-state index is 10.6. The summed E-state index contributed by atoms with van der Waals surface area (Å²) in [6.45, 7) is 1.87.